The second-order valence-electron chi connectivity index (χ2n) is 11.6. The van der Waals surface area contributed by atoms with Crippen molar-refractivity contribution in [2.24, 2.45) is 23.2 Å². The van der Waals surface area contributed by atoms with E-state index in [1.54, 1.807) is 32.1 Å². The maximum absolute atomic E-state index is 6.20. The van der Waals surface area contributed by atoms with Gasteiger partial charge in [-0.2, -0.15) is 17.5 Å². The summed E-state index contributed by atoms with van der Waals surface area (Å²) in [5.74, 6) is 6.34. The standard InChI is InChI=1S/C26H40BO.Li/c1-26(2)20-16-24(26)23(14-15-28-18-19-8-4-3-5-9-19)25(17-20)27-21-10-6-11-22(27)13-7-12-21;/h3-5,8-9,20-25,27H,6-7,10-18H2,1-2H3;/q-1;+1. The largest absolute Gasteiger partial charge is 1.00 e. The van der Waals surface area contributed by atoms with Crippen LogP contribution in [-0.2, 0) is 11.3 Å². The molecule has 1 aromatic rings. The van der Waals surface area contributed by atoms with E-state index < -0.39 is 0 Å². The van der Waals surface area contributed by atoms with Gasteiger partial charge < -0.3 is 4.74 Å². The quantitative estimate of drug-likeness (QED) is 0.531. The zero-order chi connectivity index (χ0) is 19.1. The average molecular weight is 386 g/mol. The molecule has 29 heavy (non-hydrogen) atoms. The van der Waals surface area contributed by atoms with Crippen molar-refractivity contribution >= 4 is 6.71 Å². The van der Waals surface area contributed by atoms with E-state index in [1.807, 2.05) is 0 Å². The van der Waals surface area contributed by atoms with E-state index in [9.17, 15) is 0 Å². The van der Waals surface area contributed by atoms with Gasteiger partial charge in [0.2, 0.25) is 0 Å². The first kappa shape index (κ1) is 22.1. The van der Waals surface area contributed by atoms with Gasteiger partial charge in [0.15, 0.2) is 0 Å². The summed E-state index contributed by atoms with van der Waals surface area (Å²) in [7, 11) is 0. The van der Waals surface area contributed by atoms with Gasteiger partial charge in [0.1, 0.15) is 0 Å². The van der Waals surface area contributed by atoms with Crippen molar-refractivity contribution in [3.05, 3.63) is 35.9 Å². The summed E-state index contributed by atoms with van der Waals surface area (Å²) in [6.07, 6.45) is 13.8. The van der Waals surface area contributed by atoms with Gasteiger partial charge in [0.05, 0.1) is 6.61 Å². The Bertz CT molecular complexity index is 640. The second-order valence-corrected chi connectivity index (χ2v) is 11.6. The molecule has 5 fully saturated rings. The summed E-state index contributed by atoms with van der Waals surface area (Å²) in [5.41, 5.74) is 1.92. The monoisotopic (exact) mass is 386 g/mol. The Balaban J connectivity index is 0.00000205. The van der Waals surface area contributed by atoms with Crippen molar-refractivity contribution in [2.45, 2.75) is 95.7 Å². The Morgan fingerprint density at radius 3 is 2.24 bits per heavy atom. The first-order valence-electron chi connectivity index (χ1n) is 12.5. The molecule has 0 radical (unpaired) electrons. The van der Waals surface area contributed by atoms with Crippen LogP contribution in [-0.4, -0.2) is 13.3 Å². The van der Waals surface area contributed by atoms with Crippen LogP contribution < -0.4 is 18.9 Å². The van der Waals surface area contributed by atoms with E-state index in [2.05, 4.69) is 44.2 Å². The summed E-state index contributed by atoms with van der Waals surface area (Å²) < 4.78 is 6.20. The van der Waals surface area contributed by atoms with Gasteiger partial charge in [-0.05, 0) is 42.4 Å². The molecule has 2 aliphatic heterocycles. The first-order valence-corrected chi connectivity index (χ1v) is 12.5. The van der Waals surface area contributed by atoms with Gasteiger partial charge in [0, 0.05) is 6.61 Å². The molecule has 4 bridgehead atoms. The molecule has 0 amide bonds. The molecule has 154 valence electrons. The molecule has 0 N–H and O–H groups in total. The van der Waals surface area contributed by atoms with E-state index in [0.717, 1.165) is 48.4 Å². The SMILES string of the molecule is CC1(C)C2CC([BH-]3C4CCCC3CCC4)C(CCOCc3ccccc3)C1C2.[Li+]. The molecule has 3 saturated carbocycles. The third-order valence-electron chi connectivity index (χ3n) is 10.4. The van der Waals surface area contributed by atoms with Gasteiger partial charge >= 0.3 is 18.9 Å². The Kier molecular flexibility index (Phi) is 6.95. The fourth-order valence-corrected chi connectivity index (χ4v) is 8.96. The van der Waals surface area contributed by atoms with Crippen molar-refractivity contribution in [3.63, 3.8) is 0 Å². The molecule has 1 nitrogen and oxygen atoms in total. The number of ether oxygens (including phenoxy) is 1. The molecule has 2 saturated heterocycles. The second kappa shape index (κ2) is 9.14. The third kappa shape index (κ3) is 4.16. The van der Waals surface area contributed by atoms with Crippen molar-refractivity contribution in [3.8, 4) is 0 Å². The minimum absolute atomic E-state index is 0. The average Bonchev–Trinajstić information content (AvgIpc) is 2.71. The number of benzene rings is 1. The zero-order valence-electron chi connectivity index (χ0n) is 19.2. The Labute approximate surface area is 191 Å². The topological polar surface area (TPSA) is 9.23 Å². The summed E-state index contributed by atoms with van der Waals surface area (Å²) >= 11 is 0. The minimum atomic E-state index is 0. The van der Waals surface area contributed by atoms with E-state index >= 15 is 0 Å². The van der Waals surface area contributed by atoms with Crippen LogP contribution in [0.5, 0.6) is 0 Å². The summed E-state index contributed by atoms with van der Waals surface area (Å²) in [6, 6.07) is 10.7. The molecule has 4 unspecified atom stereocenters. The van der Waals surface area contributed by atoms with Crippen molar-refractivity contribution < 1.29 is 23.6 Å². The smallest absolute Gasteiger partial charge is 0.377 e. The molecular weight excluding hydrogens is 346 g/mol. The van der Waals surface area contributed by atoms with Gasteiger partial charge in [0.25, 0.3) is 0 Å². The van der Waals surface area contributed by atoms with E-state index in [4.69, 9.17) is 4.74 Å². The molecule has 5 aliphatic rings. The van der Waals surface area contributed by atoms with Crippen molar-refractivity contribution in [2.75, 3.05) is 6.61 Å². The van der Waals surface area contributed by atoms with Crippen LogP contribution in [0.15, 0.2) is 30.3 Å². The predicted molar refractivity (Wildman–Crippen MR) is 120 cm³/mol. The predicted octanol–water partition coefficient (Wildman–Crippen LogP) is 3.99. The molecule has 0 spiro atoms. The first-order chi connectivity index (χ1) is 13.6. The summed E-state index contributed by atoms with van der Waals surface area (Å²) in [4.78, 5) is 0. The van der Waals surface area contributed by atoms with E-state index in [-0.39, 0.29) is 25.6 Å². The number of hydrogen-bond acceptors (Lipinski definition) is 1. The van der Waals surface area contributed by atoms with Crippen LogP contribution in [0, 0.1) is 23.2 Å². The van der Waals surface area contributed by atoms with Gasteiger partial charge in [-0.25, -0.2) is 0 Å². The number of rotatable bonds is 6. The minimum Gasteiger partial charge on any atom is -0.377 e. The Morgan fingerprint density at radius 2 is 1.62 bits per heavy atom. The van der Waals surface area contributed by atoms with Crippen LogP contribution in [0.3, 0.4) is 0 Å². The number of hydrogen-bond donors (Lipinski definition) is 0. The normalized spacial score (nSPS) is 39.9. The molecule has 3 aliphatic carbocycles. The maximum Gasteiger partial charge on any atom is 1.00 e. The molecule has 6 rings (SSSR count). The molecule has 2 heterocycles. The van der Waals surface area contributed by atoms with E-state index in [1.165, 1.54) is 31.2 Å². The maximum atomic E-state index is 6.20. The molecule has 3 heteroatoms. The molecule has 1 aromatic carbocycles. The van der Waals surface area contributed by atoms with Gasteiger partial charge in [-0.1, -0.05) is 95.0 Å². The molecular formula is C26H40BLiO. The molecule has 0 aromatic heterocycles. The zero-order valence-corrected chi connectivity index (χ0v) is 19.2. The van der Waals surface area contributed by atoms with Crippen molar-refractivity contribution in [1.82, 2.24) is 0 Å². The Morgan fingerprint density at radius 1 is 0.966 bits per heavy atom. The summed E-state index contributed by atoms with van der Waals surface area (Å²) in [6.45, 7) is 6.97. The van der Waals surface area contributed by atoms with E-state index in [0.29, 0.717) is 5.41 Å². The van der Waals surface area contributed by atoms with Crippen LogP contribution in [0.2, 0.25) is 17.5 Å². The fraction of sp³-hybridized carbons (Fsp3) is 0.769. The summed E-state index contributed by atoms with van der Waals surface area (Å²) in [5, 5.41) is 0. The molecule has 4 atom stereocenters. The van der Waals surface area contributed by atoms with Crippen LogP contribution in [0.25, 0.3) is 0 Å². The van der Waals surface area contributed by atoms with Crippen LogP contribution in [0.4, 0.5) is 0 Å². The van der Waals surface area contributed by atoms with Crippen LogP contribution >= 0.6 is 0 Å². The number of fused-ring (bicyclic) bond motifs is 5. The van der Waals surface area contributed by atoms with Crippen LogP contribution in [0.1, 0.15) is 77.2 Å². The van der Waals surface area contributed by atoms with Gasteiger partial charge in [-0.3, -0.25) is 0 Å². The Hall–Kier alpha value is -0.158. The fourth-order valence-electron chi connectivity index (χ4n) is 8.96. The van der Waals surface area contributed by atoms with Crippen molar-refractivity contribution in [1.29, 1.82) is 0 Å². The third-order valence-corrected chi connectivity index (χ3v) is 10.4. The van der Waals surface area contributed by atoms with Gasteiger partial charge in [-0.15, -0.1) is 0 Å².